The first-order valence-corrected chi connectivity index (χ1v) is 8.73. The molecule has 0 heterocycles. The van der Waals surface area contributed by atoms with Crippen molar-refractivity contribution in [3.63, 3.8) is 0 Å². The molecule has 118 valence electrons. The zero-order chi connectivity index (χ0) is 16.5. The van der Waals surface area contributed by atoms with Crippen LogP contribution in [0.2, 0.25) is 0 Å². The van der Waals surface area contributed by atoms with Crippen LogP contribution in [0.25, 0.3) is 10.4 Å². The van der Waals surface area contributed by atoms with Gasteiger partial charge in [0.2, 0.25) is 0 Å². The minimum absolute atomic E-state index is 0.221. The lowest BCUT2D eigenvalue weighted by Crippen LogP contribution is -2.04. The second kappa shape index (κ2) is 8.17. The highest BCUT2D eigenvalue weighted by Crippen LogP contribution is 2.14. The van der Waals surface area contributed by atoms with E-state index in [1.54, 1.807) is 18.2 Å². The average molecular weight is 327 g/mol. The third-order valence-electron chi connectivity index (χ3n) is 3.32. The van der Waals surface area contributed by atoms with E-state index in [9.17, 15) is 8.42 Å². The summed E-state index contributed by atoms with van der Waals surface area (Å²) in [5.74, 6) is 0. The smallest absolute Gasteiger partial charge is 0.199 e. The summed E-state index contributed by atoms with van der Waals surface area (Å²) in [5.41, 5.74) is 9.77. The van der Waals surface area contributed by atoms with Crippen LogP contribution in [0.1, 0.15) is 12.0 Å². The Labute approximate surface area is 135 Å². The maximum absolute atomic E-state index is 12.2. The molecule has 0 radical (unpaired) electrons. The standard InChI is InChI=1S/C17H17N3O2S/c18-20-19-16(12-11-15-7-3-1-4-8-15)13-14-23(21,22)17-9-5-2-6-10-17/h1-10,13-14,16H,11-12H2/b14-13+/t16-/m0/s1. The lowest BCUT2D eigenvalue weighted by Gasteiger charge is -2.06. The molecule has 0 aliphatic carbocycles. The molecule has 0 aromatic heterocycles. The van der Waals surface area contributed by atoms with Gasteiger partial charge in [0.25, 0.3) is 0 Å². The molecule has 0 unspecified atom stereocenters. The minimum atomic E-state index is -3.52. The van der Waals surface area contributed by atoms with Gasteiger partial charge in [0.15, 0.2) is 9.84 Å². The number of hydrogen-bond donors (Lipinski definition) is 0. The number of benzene rings is 2. The van der Waals surface area contributed by atoms with Crippen LogP contribution in [0.4, 0.5) is 0 Å². The molecule has 0 amide bonds. The zero-order valence-corrected chi connectivity index (χ0v) is 13.3. The fraction of sp³-hybridized carbons (Fsp3) is 0.176. The fourth-order valence-corrected chi connectivity index (χ4v) is 3.18. The van der Waals surface area contributed by atoms with Gasteiger partial charge in [-0.3, -0.25) is 0 Å². The second-order valence-electron chi connectivity index (χ2n) is 4.98. The molecule has 0 spiro atoms. The molecule has 2 aromatic carbocycles. The van der Waals surface area contributed by atoms with Crippen molar-refractivity contribution in [3.05, 3.63) is 88.2 Å². The SMILES string of the molecule is [N-]=[N+]=N[C@H](/C=C/S(=O)(=O)c1ccccc1)CCc1ccccc1. The molecular formula is C17H17N3O2S. The first kappa shape index (κ1) is 16.8. The number of rotatable bonds is 7. The molecular weight excluding hydrogens is 310 g/mol. The van der Waals surface area contributed by atoms with E-state index >= 15 is 0 Å². The molecule has 0 saturated carbocycles. The first-order valence-electron chi connectivity index (χ1n) is 7.18. The van der Waals surface area contributed by atoms with Crippen molar-refractivity contribution in [2.75, 3.05) is 0 Å². The van der Waals surface area contributed by atoms with Crippen molar-refractivity contribution in [1.29, 1.82) is 0 Å². The maximum atomic E-state index is 12.2. The Morgan fingerprint density at radius 1 is 1.04 bits per heavy atom. The minimum Gasteiger partial charge on any atom is -0.219 e. The van der Waals surface area contributed by atoms with Gasteiger partial charge in [-0.05, 0) is 36.1 Å². The molecule has 0 N–H and O–H groups in total. The molecule has 0 fully saturated rings. The summed E-state index contributed by atoms with van der Waals surface area (Å²) in [4.78, 5) is 3.02. The van der Waals surface area contributed by atoms with E-state index in [1.165, 1.54) is 18.2 Å². The highest BCUT2D eigenvalue weighted by molar-refractivity contribution is 7.94. The molecule has 0 aliphatic heterocycles. The summed E-state index contributed by atoms with van der Waals surface area (Å²) in [6.07, 6.45) is 2.71. The van der Waals surface area contributed by atoms with E-state index in [0.29, 0.717) is 12.8 Å². The number of aryl methyl sites for hydroxylation is 1. The van der Waals surface area contributed by atoms with Crippen LogP contribution >= 0.6 is 0 Å². The van der Waals surface area contributed by atoms with Gasteiger partial charge in [-0.25, -0.2) is 8.42 Å². The Morgan fingerprint density at radius 2 is 1.65 bits per heavy atom. The lowest BCUT2D eigenvalue weighted by molar-refractivity contribution is 0.604. The maximum Gasteiger partial charge on any atom is 0.199 e. The van der Waals surface area contributed by atoms with Gasteiger partial charge < -0.3 is 0 Å². The number of hydrogen-bond acceptors (Lipinski definition) is 3. The van der Waals surface area contributed by atoms with Crippen LogP contribution in [0.15, 0.2) is 82.2 Å². The van der Waals surface area contributed by atoms with E-state index in [0.717, 1.165) is 11.0 Å². The monoisotopic (exact) mass is 327 g/mol. The summed E-state index contributed by atoms with van der Waals surface area (Å²) >= 11 is 0. The van der Waals surface area contributed by atoms with Gasteiger partial charge in [0.05, 0.1) is 10.9 Å². The van der Waals surface area contributed by atoms with Crippen molar-refractivity contribution in [2.45, 2.75) is 23.8 Å². The average Bonchev–Trinajstić information content (AvgIpc) is 2.59. The van der Waals surface area contributed by atoms with Crippen LogP contribution in [-0.4, -0.2) is 14.5 Å². The molecule has 23 heavy (non-hydrogen) atoms. The Bertz CT molecular complexity index is 796. The van der Waals surface area contributed by atoms with Crippen LogP contribution in [-0.2, 0) is 16.3 Å². The Kier molecular flexibility index (Phi) is 5.97. The van der Waals surface area contributed by atoms with E-state index < -0.39 is 15.9 Å². The summed E-state index contributed by atoms with van der Waals surface area (Å²) < 4.78 is 24.4. The van der Waals surface area contributed by atoms with E-state index in [1.807, 2.05) is 30.3 Å². The molecule has 2 aromatic rings. The Balaban J connectivity index is 2.08. The highest BCUT2D eigenvalue weighted by atomic mass is 32.2. The summed E-state index contributed by atoms with van der Waals surface area (Å²) in [6.45, 7) is 0. The molecule has 0 aliphatic rings. The van der Waals surface area contributed by atoms with Crippen molar-refractivity contribution in [1.82, 2.24) is 0 Å². The van der Waals surface area contributed by atoms with Crippen molar-refractivity contribution in [2.24, 2.45) is 5.11 Å². The highest BCUT2D eigenvalue weighted by Gasteiger charge is 2.11. The van der Waals surface area contributed by atoms with Crippen LogP contribution in [0, 0.1) is 0 Å². The van der Waals surface area contributed by atoms with Gasteiger partial charge >= 0.3 is 0 Å². The molecule has 1 atom stereocenters. The first-order chi connectivity index (χ1) is 11.1. The molecule has 2 rings (SSSR count). The van der Waals surface area contributed by atoms with Crippen molar-refractivity contribution >= 4 is 9.84 Å². The molecule has 0 saturated heterocycles. The van der Waals surface area contributed by atoms with Crippen molar-refractivity contribution in [3.8, 4) is 0 Å². The van der Waals surface area contributed by atoms with Gasteiger partial charge in [-0.1, -0.05) is 59.7 Å². The number of sulfone groups is 1. The van der Waals surface area contributed by atoms with Gasteiger partial charge in [-0.2, -0.15) is 0 Å². The molecule has 5 nitrogen and oxygen atoms in total. The summed E-state index contributed by atoms with van der Waals surface area (Å²) in [7, 11) is -3.52. The van der Waals surface area contributed by atoms with Crippen molar-refractivity contribution < 1.29 is 8.42 Å². The number of azide groups is 1. The number of nitrogens with zero attached hydrogens (tertiary/aromatic N) is 3. The van der Waals surface area contributed by atoms with Gasteiger partial charge in [0.1, 0.15) is 0 Å². The van der Waals surface area contributed by atoms with Gasteiger partial charge in [-0.15, -0.1) is 0 Å². The Morgan fingerprint density at radius 3 is 2.26 bits per heavy atom. The van der Waals surface area contributed by atoms with Crippen LogP contribution < -0.4 is 0 Å². The third-order valence-corrected chi connectivity index (χ3v) is 4.77. The second-order valence-corrected chi connectivity index (χ2v) is 6.82. The van der Waals surface area contributed by atoms with Crippen LogP contribution in [0.5, 0.6) is 0 Å². The topological polar surface area (TPSA) is 82.9 Å². The lowest BCUT2D eigenvalue weighted by atomic mass is 10.1. The summed E-state index contributed by atoms with van der Waals surface area (Å²) in [6, 6.07) is 17.4. The molecule has 6 heteroatoms. The van der Waals surface area contributed by atoms with Gasteiger partial charge in [0, 0.05) is 10.3 Å². The quantitative estimate of drug-likeness (QED) is 0.432. The summed E-state index contributed by atoms with van der Waals surface area (Å²) in [5, 5.41) is 4.78. The molecule has 0 bridgehead atoms. The Hall–Kier alpha value is -2.56. The predicted octanol–water partition coefficient (Wildman–Crippen LogP) is 4.29. The van der Waals surface area contributed by atoms with E-state index in [-0.39, 0.29) is 4.90 Å². The predicted molar refractivity (Wildman–Crippen MR) is 90.5 cm³/mol. The van der Waals surface area contributed by atoms with E-state index in [4.69, 9.17) is 5.53 Å². The third kappa shape index (κ3) is 5.29. The zero-order valence-electron chi connectivity index (χ0n) is 12.5. The fourth-order valence-electron chi connectivity index (χ4n) is 2.10. The van der Waals surface area contributed by atoms with Crippen LogP contribution in [0.3, 0.4) is 0 Å². The normalized spacial score (nSPS) is 12.7. The van der Waals surface area contributed by atoms with E-state index in [2.05, 4.69) is 10.0 Å². The largest absolute Gasteiger partial charge is 0.219 e.